The van der Waals surface area contributed by atoms with Crippen molar-refractivity contribution in [2.45, 2.75) is 226 Å². The van der Waals surface area contributed by atoms with Crippen molar-refractivity contribution in [3.8, 4) is 0 Å². The Morgan fingerprint density at radius 1 is 0.500 bits per heavy atom. The van der Waals surface area contributed by atoms with Crippen LogP contribution in [0.3, 0.4) is 0 Å². The molecule has 1 atom stereocenters. The van der Waals surface area contributed by atoms with Gasteiger partial charge in [-0.25, -0.2) is 9.13 Å². The average molecular weight is 560 g/mol. The summed E-state index contributed by atoms with van der Waals surface area (Å²) < 4.78 is 5.14. The molecular formula is C38H75N2+. The maximum absolute atomic E-state index is 2.59. The Hall–Kier alpha value is -0.790. The number of hydrogen-bond donors (Lipinski definition) is 0. The third-order valence-electron chi connectivity index (χ3n) is 9.31. The number of hydrogen-bond acceptors (Lipinski definition) is 0. The van der Waals surface area contributed by atoms with Gasteiger partial charge in [-0.1, -0.05) is 175 Å². The average Bonchev–Trinajstić information content (AvgIpc) is 3.38. The Bertz CT molecular complexity index is 633. The van der Waals surface area contributed by atoms with Crippen LogP contribution in [-0.4, -0.2) is 4.57 Å². The summed E-state index contributed by atoms with van der Waals surface area (Å²) in [6, 6.07) is 0.639. The van der Waals surface area contributed by atoms with Crippen molar-refractivity contribution in [2.75, 3.05) is 0 Å². The maximum Gasteiger partial charge on any atom is 0.256 e. The molecule has 0 N–H and O–H groups in total. The van der Waals surface area contributed by atoms with Gasteiger partial charge in [-0.05, 0) is 32.6 Å². The molecule has 1 rings (SSSR count). The summed E-state index contributed by atoms with van der Waals surface area (Å²) in [5.74, 6) is 1.54. The van der Waals surface area contributed by atoms with Crippen molar-refractivity contribution in [1.29, 1.82) is 0 Å². The largest absolute Gasteiger partial charge is 0.256 e. The molecule has 0 aliphatic heterocycles. The standard InChI is InChI=1S/C38H75N2/c1-5-8-10-12-14-16-18-20-22-24-26-28-30-32-34-39-35-36-40(38(39)7-3)37(4)33-31-29-27-25-23-21-19-17-15-13-11-9-6-2/h35-37H,5-34H2,1-4H3/q+1. The van der Waals surface area contributed by atoms with E-state index in [-0.39, 0.29) is 0 Å². The molecule has 1 aromatic heterocycles. The highest BCUT2D eigenvalue weighted by atomic mass is 15.2. The van der Waals surface area contributed by atoms with Gasteiger partial charge in [0.15, 0.2) is 0 Å². The van der Waals surface area contributed by atoms with Gasteiger partial charge in [-0.2, -0.15) is 0 Å². The Kier molecular flexibility index (Phi) is 26.4. The van der Waals surface area contributed by atoms with Crippen molar-refractivity contribution in [1.82, 2.24) is 4.57 Å². The lowest BCUT2D eigenvalue weighted by atomic mass is 10.0. The molecule has 40 heavy (non-hydrogen) atoms. The quantitative estimate of drug-likeness (QED) is 0.0631. The third-order valence-corrected chi connectivity index (χ3v) is 9.31. The van der Waals surface area contributed by atoms with Crippen LogP contribution in [0, 0.1) is 0 Å². The Morgan fingerprint density at radius 2 is 0.850 bits per heavy atom. The van der Waals surface area contributed by atoms with Crippen molar-refractivity contribution in [3.05, 3.63) is 18.2 Å². The molecule has 0 saturated carbocycles. The molecule has 236 valence electrons. The van der Waals surface area contributed by atoms with Crippen molar-refractivity contribution in [3.63, 3.8) is 0 Å². The predicted octanol–water partition coefficient (Wildman–Crippen LogP) is 12.9. The van der Waals surface area contributed by atoms with Crippen LogP contribution in [0.4, 0.5) is 0 Å². The molecule has 0 aromatic carbocycles. The molecule has 1 unspecified atom stereocenters. The minimum absolute atomic E-state index is 0.639. The van der Waals surface area contributed by atoms with Gasteiger partial charge in [-0.15, -0.1) is 0 Å². The van der Waals surface area contributed by atoms with E-state index in [1.54, 1.807) is 0 Å². The zero-order chi connectivity index (χ0) is 28.9. The highest BCUT2D eigenvalue weighted by Gasteiger charge is 2.19. The van der Waals surface area contributed by atoms with Crippen LogP contribution in [0.25, 0.3) is 0 Å². The summed E-state index contributed by atoms with van der Waals surface area (Å²) in [6.45, 7) is 10.6. The van der Waals surface area contributed by atoms with Crippen LogP contribution >= 0.6 is 0 Å². The first-order chi connectivity index (χ1) is 19.7. The van der Waals surface area contributed by atoms with Gasteiger partial charge in [0, 0.05) is 6.42 Å². The fourth-order valence-electron chi connectivity index (χ4n) is 6.54. The normalized spacial score (nSPS) is 12.4. The molecule has 0 aliphatic carbocycles. The number of imidazole rings is 1. The summed E-state index contributed by atoms with van der Waals surface area (Å²) in [7, 11) is 0. The molecule has 0 aliphatic rings. The van der Waals surface area contributed by atoms with Gasteiger partial charge < -0.3 is 0 Å². The van der Waals surface area contributed by atoms with Crippen LogP contribution in [0.2, 0.25) is 0 Å². The summed E-state index contributed by atoms with van der Waals surface area (Å²) in [5.41, 5.74) is 0. The van der Waals surface area contributed by atoms with E-state index < -0.39 is 0 Å². The zero-order valence-electron chi connectivity index (χ0n) is 28.3. The molecule has 0 spiro atoms. The molecule has 0 saturated heterocycles. The lowest BCUT2D eigenvalue weighted by Gasteiger charge is -2.11. The topological polar surface area (TPSA) is 8.81 Å². The predicted molar refractivity (Wildman–Crippen MR) is 179 cm³/mol. The molecule has 0 amide bonds. The van der Waals surface area contributed by atoms with Gasteiger partial charge in [0.2, 0.25) is 0 Å². The van der Waals surface area contributed by atoms with Gasteiger partial charge in [-0.3, -0.25) is 0 Å². The Morgan fingerprint density at radius 3 is 1.23 bits per heavy atom. The van der Waals surface area contributed by atoms with E-state index in [0.717, 1.165) is 6.42 Å². The van der Waals surface area contributed by atoms with Crippen LogP contribution in [-0.2, 0) is 13.0 Å². The van der Waals surface area contributed by atoms with E-state index in [1.165, 1.54) is 192 Å². The molecule has 1 heterocycles. The first kappa shape index (κ1) is 37.2. The zero-order valence-corrected chi connectivity index (χ0v) is 28.3. The molecular weight excluding hydrogens is 484 g/mol. The van der Waals surface area contributed by atoms with E-state index in [0.29, 0.717) is 6.04 Å². The Labute approximate surface area is 253 Å². The lowest BCUT2D eigenvalue weighted by Crippen LogP contribution is -2.37. The van der Waals surface area contributed by atoms with Crippen molar-refractivity contribution >= 4 is 0 Å². The molecule has 1 aromatic rings. The smallest absolute Gasteiger partial charge is 0.234 e. The number of aryl methyl sites for hydroxylation is 1. The van der Waals surface area contributed by atoms with Gasteiger partial charge in [0.05, 0.1) is 12.6 Å². The highest BCUT2D eigenvalue weighted by molar-refractivity contribution is 4.86. The van der Waals surface area contributed by atoms with E-state index in [2.05, 4.69) is 49.2 Å². The SMILES string of the molecule is CCCCCCCCCCCCCCCC[n+]1ccn(C(C)CCCCCCCCCCCCCCC)c1CC. The van der Waals surface area contributed by atoms with Crippen molar-refractivity contribution in [2.24, 2.45) is 0 Å². The van der Waals surface area contributed by atoms with Gasteiger partial charge in [0.1, 0.15) is 12.4 Å². The van der Waals surface area contributed by atoms with E-state index in [9.17, 15) is 0 Å². The maximum atomic E-state index is 2.59. The number of unbranched alkanes of at least 4 members (excludes halogenated alkanes) is 25. The number of aromatic nitrogens is 2. The van der Waals surface area contributed by atoms with Gasteiger partial charge in [0.25, 0.3) is 5.82 Å². The number of nitrogens with zero attached hydrogens (tertiary/aromatic N) is 2. The molecule has 2 nitrogen and oxygen atoms in total. The molecule has 0 fully saturated rings. The van der Waals surface area contributed by atoms with Crippen molar-refractivity contribution < 1.29 is 4.57 Å². The first-order valence-electron chi connectivity index (χ1n) is 18.8. The molecule has 2 heteroatoms. The second-order valence-electron chi connectivity index (χ2n) is 13.1. The third kappa shape index (κ3) is 20.1. The van der Waals surface area contributed by atoms with E-state index in [1.807, 2.05) is 0 Å². The summed E-state index contributed by atoms with van der Waals surface area (Å²) in [6.07, 6.45) is 46.1. The molecule has 0 radical (unpaired) electrons. The lowest BCUT2D eigenvalue weighted by molar-refractivity contribution is -0.704. The fraction of sp³-hybridized carbons (Fsp3) is 0.921. The number of rotatable bonds is 31. The minimum atomic E-state index is 0.639. The summed E-state index contributed by atoms with van der Waals surface area (Å²) >= 11 is 0. The van der Waals surface area contributed by atoms with Crippen LogP contribution in [0.1, 0.15) is 219 Å². The molecule has 0 bridgehead atoms. The van der Waals surface area contributed by atoms with E-state index >= 15 is 0 Å². The van der Waals surface area contributed by atoms with Crippen LogP contribution in [0.15, 0.2) is 12.4 Å². The second-order valence-corrected chi connectivity index (χ2v) is 13.1. The minimum Gasteiger partial charge on any atom is -0.234 e. The Balaban J connectivity index is 2.03. The van der Waals surface area contributed by atoms with Crippen LogP contribution < -0.4 is 4.57 Å². The highest BCUT2D eigenvalue weighted by Crippen LogP contribution is 2.19. The van der Waals surface area contributed by atoms with Crippen LogP contribution in [0.5, 0.6) is 0 Å². The monoisotopic (exact) mass is 560 g/mol. The first-order valence-corrected chi connectivity index (χ1v) is 18.8. The summed E-state index contributed by atoms with van der Waals surface area (Å²) in [5, 5.41) is 0. The second kappa shape index (κ2) is 28.3. The fourth-order valence-corrected chi connectivity index (χ4v) is 6.54. The van der Waals surface area contributed by atoms with Gasteiger partial charge >= 0.3 is 0 Å². The van der Waals surface area contributed by atoms with E-state index in [4.69, 9.17) is 0 Å². The summed E-state index contributed by atoms with van der Waals surface area (Å²) in [4.78, 5) is 0.